The summed E-state index contributed by atoms with van der Waals surface area (Å²) in [4.78, 5) is 21.3. The number of benzene rings is 6. The fraction of sp³-hybridized carbons (Fsp3) is 0. The Morgan fingerprint density at radius 1 is 0.250 bits per heavy atom. The van der Waals surface area contributed by atoms with E-state index in [1.165, 1.54) is 32.3 Å². The molecule has 0 radical (unpaired) electrons. The first kappa shape index (κ1) is 33.9. The molecule has 6 nitrogen and oxygen atoms in total. The summed E-state index contributed by atoms with van der Waals surface area (Å²) in [7, 11) is 0. The molecular formula is C54H34N6. The molecule has 12 aromatic rings. The third-order valence-corrected chi connectivity index (χ3v) is 11.5. The number of nitrogens with zero attached hydrogens (tertiary/aromatic N) is 6. The van der Waals surface area contributed by atoms with Crippen molar-refractivity contribution in [2.45, 2.75) is 0 Å². The monoisotopic (exact) mass is 766 g/mol. The molecule has 280 valence electrons. The van der Waals surface area contributed by atoms with E-state index in [0.29, 0.717) is 0 Å². The third kappa shape index (κ3) is 5.57. The van der Waals surface area contributed by atoms with Gasteiger partial charge in [0.05, 0.1) is 56.2 Å². The Balaban J connectivity index is 1.04. The van der Waals surface area contributed by atoms with Crippen LogP contribution in [0.2, 0.25) is 0 Å². The zero-order valence-electron chi connectivity index (χ0n) is 32.3. The molecule has 0 saturated carbocycles. The number of hydrogen-bond acceptors (Lipinski definition) is 4. The quantitative estimate of drug-likeness (QED) is 0.169. The molecule has 0 aliphatic heterocycles. The first-order valence-corrected chi connectivity index (χ1v) is 20.1. The molecule has 12 rings (SSSR count). The number of aromatic nitrogens is 6. The van der Waals surface area contributed by atoms with E-state index in [2.05, 4.69) is 203 Å². The van der Waals surface area contributed by atoms with Crippen LogP contribution in [0.25, 0.3) is 111 Å². The fourth-order valence-corrected chi connectivity index (χ4v) is 8.77. The molecule has 6 aromatic heterocycles. The molecule has 6 heteroatoms. The molecule has 0 N–H and O–H groups in total. The predicted octanol–water partition coefficient (Wildman–Crippen LogP) is 13.3. The van der Waals surface area contributed by atoms with E-state index in [1.54, 1.807) is 0 Å². The van der Waals surface area contributed by atoms with Crippen molar-refractivity contribution in [3.05, 3.63) is 206 Å². The smallest absolute Gasteiger partial charge is 0.138 e. The molecule has 0 bridgehead atoms. The molecule has 0 aliphatic carbocycles. The minimum Gasteiger partial charge on any atom is -0.294 e. The van der Waals surface area contributed by atoms with Gasteiger partial charge in [0.2, 0.25) is 0 Å². The highest BCUT2D eigenvalue weighted by Crippen LogP contribution is 2.36. The topological polar surface area (TPSA) is 61.4 Å². The molecule has 60 heavy (non-hydrogen) atoms. The van der Waals surface area contributed by atoms with Crippen LogP contribution in [0.3, 0.4) is 0 Å². The lowest BCUT2D eigenvalue weighted by Crippen LogP contribution is -2.01. The van der Waals surface area contributed by atoms with E-state index >= 15 is 0 Å². The maximum absolute atomic E-state index is 5.34. The van der Waals surface area contributed by atoms with Gasteiger partial charge >= 0.3 is 0 Å². The van der Waals surface area contributed by atoms with E-state index in [1.807, 2.05) is 12.1 Å². The van der Waals surface area contributed by atoms with Gasteiger partial charge in [-0.1, -0.05) is 127 Å². The van der Waals surface area contributed by atoms with Crippen molar-refractivity contribution in [1.82, 2.24) is 29.1 Å². The Labute approximate surface area is 345 Å². The summed E-state index contributed by atoms with van der Waals surface area (Å²) < 4.78 is 4.48. The Bertz CT molecular complexity index is 3350. The van der Waals surface area contributed by atoms with Crippen molar-refractivity contribution in [2.24, 2.45) is 0 Å². The lowest BCUT2D eigenvalue weighted by atomic mass is 10.0. The second kappa shape index (κ2) is 13.7. The Morgan fingerprint density at radius 2 is 0.650 bits per heavy atom. The molecule has 6 heterocycles. The molecule has 6 aromatic carbocycles. The molecule has 0 aliphatic rings. The predicted molar refractivity (Wildman–Crippen MR) is 246 cm³/mol. The molecule has 0 fully saturated rings. The van der Waals surface area contributed by atoms with Crippen molar-refractivity contribution < 1.29 is 0 Å². The summed E-state index contributed by atoms with van der Waals surface area (Å²) in [6, 6.07) is 71.7. The summed E-state index contributed by atoms with van der Waals surface area (Å²) in [6.45, 7) is 0. The summed E-state index contributed by atoms with van der Waals surface area (Å²) in [5.74, 6) is 1.64. The van der Waals surface area contributed by atoms with Gasteiger partial charge in [-0.2, -0.15) is 0 Å². The minimum absolute atomic E-state index is 0.729. The van der Waals surface area contributed by atoms with Crippen LogP contribution < -0.4 is 0 Å². The normalized spacial score (nSPS) is 11.7. The highest BCUT2D eigenvalue weighted by molar-refractivity contribution is 6.10. The van der Waals surface area contributed by atoms with Gasteiger partial charge in [0, 0.05) is 32.7 Å². The number of hydrogen-bond donors (Lipinski definition) is 0. The van der Waals surface area contributed by atoms with Crippen LogP contribution in [0.15, 0.2) is 206 Å². The summed E-state index contributed by atoms with van der Waals surface area (Å²) >= 11 is 0. The maximum Gasteiger partial charge on any atom is 0.138 e. The Morgan fingerprint density at radius 3 is 1.17 bits per heavy atom. The Kier molecular flexibility index (Phi) is 7.74. The van der Waals surface area contributed by atoms with Gasteiger partial charge in [-0.05, 0) is 89.6 Å². The van der Waals surface area contributed by atoms with Crippen molar-refractivity contribution in [3.63, 3.8) is 0 Å². The molecule has 0 unspecified atom stereocenters. The van der Waals surface area contributed by atoms with Crippen LogP contribution in [0.4, 0.5) is 0 Å². The van der Waals surface area contributed by atoms with E-state index < -0.39 is 0 Å². The number of pyridine rings is 4. The van der Waals surface area contributed by atoms with Crippen molar-refractivity contribution in [2.75, 3.05) is 0 Å². The highest BCUT2D eigenvalue weighted by Gasteiger charge is 2.18. The van der Waals surface area contributed by atoms with Gasteiger partial charge < -0.3 is 0 Å². The molecule has 0 spiro atoms. The van der Waals surface area contributed by atoms with Gasteiger partial charge in [-0.15, -0.1) is 0 Å². The number of fused-ring (bicyclic) bond motifs is 7. The molecule has 0 saturated heterocycles. The minimum atomic E-state index is 0.729. The van der Waals surface area contributed by atoms with Gasteiger partial charge in [0.1, 0.15) is 11.6 Å². The van der Waals surface area contributed by atoms with Crippen LogP contribution in [-0.4, -0.2) is 29.1 Å². The van der Waals surface area contributed by atoms with Crippen LogP contribution >= 0.6 is 0 Å². The lowest BCUT2D eigenvalue weighted by Gasteiger charge is -2.13. The lowest BCUT2D eigenvalue weighted by molar-refractivity contribution is 1.07. The molecular weight excluding hydrogens is 733 g/mol. The van der Waals surface area contributed by atoms with Gasteiger partial charge in [-0.3, -0.25) is 9.13 Å². The van der Waals surface area contributed by atoms with Gasteiger partial charge in [0.25, 0.3) is 0 Å². The van der Waals surface area contributed by atoms with Gasteiger partial charge in [0.15, 0.2) is 0 Å². The summed E-state index contributed by atoms with van der Waals surface area (Å²) in [6.07, 6.45) is 0. The zero-order valence-corrected chi connectivity index (χ0v) is 32.3. The average Bonchev–Trinajstić information content (AvgIpc) is 3.85. The summed E-state index contributed by atoms with van der Waals surface area (Å²) in [5, 5.41) is 7.14. The highest BCUT2D eigenvalue weighted by atomic mass is 15.1. The number of para-hydroxylation sites is 4. The van der Waals surface area contributed by atoms with Crippen molar-refractivity contribution >= 4 is 54.4 Å². The molecule has 0 amide bonds. The van der Waals surface area contributed by atoms with E-state index in [-0.39, 0.29) is 0 Å². The van der Waals surface area contributed by atoms with Crippen LogP contribution in [0.1, 0.15) is 0 Å². The van der Waals surface area contributed by atoms with E-state index in [4.69, 9.17) is 19.9 Å². The number of rotatable bonds is 6. The third-order valence-electron chi connectivity index (χ3n) is 11.5. The molecule has 0 atom stereocenters. The maximum atomic E-state index is 5.34. The van der Waals surface area contributed by atoms with Gasteiger partial charge in [-0.25, -0.2) is 19.9 Å². The standard InChI is InChI=1S/C54H34N6/c1-2-15-36-32-37(31-30-35(36)14-1)43-20-11-21-44(55-43)38-33-47(45-22-12-28-53(57-45)59-49-24-7-3-16-39(49)40-17-4-8-25-50(40)59)56-48(34-38)46-23-13-29-54(58-46)60-51-26-9-5-18-41(51)42-19-6-10-27-52(42)60/h1-34H. The summed E-state index contributed by atoms with van der Waals surface area (Å²) in [5.41, 5.74) is 11.1. The van der Waals surface area contributed by atoms with Crippen molar-refractivity contribution in [3.8, 4) is 56.9 Å². The van der Waals surface area contributed by atoms with E-state index in [9.17, 15) is 0 Å². The van der Waals surface area contributed by atoms with Crippen molar-refractivity contribution in [1.29, 1.82) is 0 Å². The first-order valence-electron chi connectivity index (χ1n) is 20.1. The van der Waals surface area contributed by atoms with Crippen LogP contribution in [-0.2, 0) is 0 Å². The fourth-order valence-electron chi connectivity index (χ4n) is 8.77. The second-order valence-electron chi connectivity index (χ2n) is 15.1. The Hall–Kier alpha value is -8.22. The van der Waals surface area contributed by atoms with Crippen LogP contribution in [0.5, 0.6) is 0 Å². The van der Waals surface area contributed by atoms with Crippen LogP contribution in [0, 0.1) is 0 Å². The average molecular weight is 767 g/mol. The second-order valence-corrected chi connectivity index (χ2v) is 15.1. The van der Waals surface area contributed by atoms with E-state index in [0.717, 1.165) is 79.0 Å². The first-order chi connectivity index (χ1) is 29.7. The zero-order chi connectivity index (χ0) is 39.6. The largest absolute Gasteiger partial charge is 0.294 e. The SMILES string of the molecule is c1cc(-c2cc(-c3cccc(-n4c5ccccc5c5ccccc54)n3)nc(-c3cccc(-n4c5ccccc5c5ccccc54)n3)c2)nc(-c2ccc3ccccc3c2)c1.